The quantitative estimate of drug-likeness (QED) is 0.574. The van der Waals surface area contributed by atoms with Gasteiger partial charge in [-0.3, -0.25) is 4.68 Å². The molecule has 4 rings (SSSR count). The Bertz CT molecular complexity index is 1000. The van der Waals surface area contributed by atoms with E-state index in [-0.39, 0.29) is 0 Å². The Morgan fingerprint density at radius 2 is 1.81 bits per heavy atom. The highest BCUT2D eigenvalue weighted by molar-refractivity contribution is 5.93. The summed E-state index contributed by atoms with van der Waals surface area (Å²) in [6.45, 7) is 5.82. The molecule has 26 heavy (non-hydrogen) atoms. The van der Waals surface area contributed by atoms with Gasteiger partial charge in [-0.15, -0.1) is 0 Å². The normalized spacial score (nSPS) is 18.7. The molecule has 1 heterocycles. The van der Waals surface area contributed by atoms with E-state index in [1.807, 2.05) is 26.1 Å². The summed E-state index contributed by atoms with van der Waals surface area (Å²) in [4.78, 5) is 0. The Morgan fingerprint density at radius 1 is 1.08 bits per heavy atom. The summed E-state index contributed by atoms with van der Waals surface area (Å²) in [6, 6.07) is 10.5. The molecule has 5 heteroatoms. The first-order chi connectivity index (χ1) is 12.3. The van der Waals surface area contributed by atoms with Crippen LogP contribution in [0.2, 0.25) is 0 Å². The van der Waals surface area contributed by atoms with Crippen LogP contribution in [0.4, 0.5) is 13.2 Å². The molecule has 0 radical (unpaired) electrons. The molecule has 1 unspecified atom stereocenters. The number of rotatable bonds is 2. The van der Waals surface area contributed by atoms with E-state index in [4.69, 9.17) is 0 Å². The van der Waals surface area contributed by atoms with Gasteiger partial charge in [0.15, 0.2) is 0 Å². The SMILES string of the molecule is CCn1cc(-c2cc(C)cc3c2-c2ccccc2C3(C)C(F)(F)F)cn1. The molecule has 1 aliphatic rings. The number of aryl methyl sites for hydroxylation is 2. The molecule has 0 N–H and O–H groups in total. The van der Waals surface area contributed by atoms with Crippen LogP contribution < -0.4 is 0 Å². The first kappa shape index (κ1) is 16.9. The molecule has 0 bridgehead atoms. The van der Waals surface area contributed by atoms with E-state index in [2.05, 4.69) is 5.10 Å². The van der Waals surface area contributed by atoms with Crippen molar-refractivity contribution in [3.8, 4) is 22.3 Å². The lowest BCUT2D eigenvalue weighted by Crippen LogP contribution is -2.38. The third-order valence-electron chi connectivity index (χ3n) is 5.39. The fraction of sp³-hybridized carbons (Fsp3) is 0.286. The van der Waals surface area contributed by atoms with Crippen LogP contribution in [0.15, 0.2) is 48.8 Å². The molecule has 0 amide bonds. The number of halogens is 3. The van der Waals surface area contributed by atoms with Crippen molar-refractivity contribution >= 4 is 0 Å². The molecular formula is C21H19F3N2. The molecule has 0 saturated heterocycles. The molecule has 0 fully saturated rings. The largest absolute Gasteiger partial charge is 0.402 e. The molecule has 0 aliphatic heterocycles. The van der Waals surface area contributed by atoms with E-state index in [1.165, 1.54) is 6.92 Å². The summed E-state index contributed by atoms with van der Waals surface area (Å²) < 4.78 is 44.4. The Hall–Kier alpha value is -2.56. The van der Waals surface area contributed by atoms with Gasteiger partial charge in [0.05, 0.1) is 6.20 Å². The van der Waals surface area contributed by atoms with Gasteiger partial charge in [0.2, 0.25) is 0 Å². The first-order valence-electron chi connectivity index (χ1n) is 8.62. The molecule has 1 aliphatic carbocycles. The highest BCUT2D eigenvalue weighted by Crippen LogP contribution is 2.58. The predicted octanol–water partition coefficient (Wildman–Crippen LogP) is 5.73. The maximum Gasteiger partial charge on any atom is 0.402 e. The van der Waals surface area contributed by atoms with Gasteiger partial charge in [-0.25, -0.2) is 0 Å². The molecular weight excluding hydrogens is 337 g/mol. The van der Waals surface area contributed by atoms with Crippen LogP contribution in [0.3, 0.4) is 0 Å². The minimum atomic E-state index is -4.38. The van der Waals surface area contributed by atoms with Crippen molar-refractivity contribution in [2.75, 3.05) is 0 Å². The second-order valence-electron chi connectivity index (χ2n) is 6.99. The molecule has 1 atom stereocenters. The number of aromatic nitrogens is 2. The van der Waals surface area contributed by atoms with Gasteiger partial charge in [0.25, 0.3) is 0 Å². The number of benzene rings is 2. The predicted molar refractivity (Wildman–Crippen MR) is 96.0 cm³/mol. The topological polar surface area (TPSA) is 17.8 Å². The fourth-order valence-electron chi connectivity index (χ4n) is 3.96. The van der Waals surface area contributed by atoms with Crippen molar-refractivity contribution in [1.82, 2.24) is 9.78 Å². The Morgan fingerprint density at radius 3 is 2.46 bits per heavy atom. The highest BCUT2D eigenvalue weighted by Gasteiger charge is 2.58. The van der Waals surface area contributed by atoms with Gasteiger partial charge in [-0.2, -0.15) is 18.3 Å². The van der Waals surface area contributed by atoms with E-state index in [0.29, 0.717) is 28.8 Å². The second-order valence-corrected chi connectivity index (χ2v) is 6.99. The minimum absolute atomic E-state index is 0.317. The Balaban J connectivity index is 2.09. The number of nitrogens with zero attached hydrogens (tertiary/aromatic N) is 2. The van der Waals surface area contributed by atoms with Gasteiger partial charge in [-0.1, -0.05) is 42.0 Å². The number of hydrogen-bond donors (Lipinski definition) is 0. The molecule has 2 nitrogen and oxygen atoms in total. The van der Waals surface area contributed by atoms with Crippen LogP contribution in [-0.4, -0.2) is 16.0 Å². The monoisotopic (exact) mass is 356 g/mol. The molecule has 3 aromatic rings. The van der Waals surface area contributed by atoms with E-state index in [0.717, 1.165) is 16.7 Å². The van der Waals surface area contributed by atoms with Crippen molar-refractivity contribution in [3.63, 3.8) is 0 Å². The van der Waals surface area contributed by atoms with Gasteiger partial charge in [0, 0.05) is 18.3 Å². The standard InChI is InChI=1S/C21H19F3N2/c1-4-26-12-14(11-25-26)16-9-13(2)10-18-19(16)15-7-5-6-8-17(15)20(18,3)21(22,23)24/h5-12H,4H2,1-3H3. The maximum atomic E-state index is 14.2. The van der Waals surface area contributed by atoms with Gasteiger partial charge in [-0.05, 0) is 48.6 Å². The van der Waals surface area contributed by atoms with Crippen LogP contribution in [-0.2, 0) is 12.0 Å². The zero-order valence-corrected chi connectivity index (χ0v) is 14.9. The maximum absolute atomic E-state index is 14.2. The van der Waals surface area contributed by atoms with Gasteiger partial charge < -0.3 is 0 Å². The van der Waals surface area contributed by atoms with Crippen LogP contribution >= 0.6 is 0 Å². The lowest BCUT2D eigenvalue weighted by atomic mass is 9.78. The average Bonchev–Trinajstić information content (AvgIpc) is 3.17. The van der Waals surface area contributed by atoms with Gasteiger partial charge >= 0.3 is 6.18 Å². The summed E-state index contributed by atoms with van der Waals surface area (Å²) in [7, 11) is 0. The van der Waals surface area contributed by atoms with E-state index in [1.54, 1.807) is 41.2 Å². The summed E-state index contributed by atoms with van der Waals surface area (Å²) in [5, 5.41) is 4.30. The van der Waals surface area contributed by atoms with Crippen molar-refractivity contribution in [3.05, 3.63) is 65.5 Å². The van der Waals surface area contributed by atoms with Crippen LogP contribution in [0, 0.1) is 6.92 Å². The third kappa shape index (κ3) is 2.16. The summed E-state index contributed by atoms with van der Waals surface area (Å²) in [6.07, 6.45) is -0.766. The summed E-state index contributed by atoms with van der Waals surface area (Å²) in [5.74, 6) is 0. The highest BCUT2D eigenvalue weighted by atomic mass is 19.4. The second kappa shape index (κ2) is 5.47. The number of alkyl halides is 3. The summed E-state index contributed by atoms with van der Waals surface area (Å²) in [5.41, 5.74) is 2.41. The number of fused-ring (bicyclic) bond motifs is 3. The van der Waals surface area contributed by atoms with Crippen LogP contribution in [0.5, 0.6) is 0 Å². The molecule has 134 valence electrons. The molecule has 0 spiro atoms. The van der Waals surface area contributed by atoms with Crippen LogP contribution in [0.25, 0.3) is 22.3 Å². The van der Waals surface area contributed by atoms with Crippen molar-refractivity contribution < 1.29 is 13.2 Å². The van der Waals surface area contributed by atoms with Crippen LogP contribution in [0.1, 0.15) is 30.5 Å². The minimum Gasteiger partial charge on any atom is -0.272 e. The lowest BCUT2D eigenvalue weighted by Gasteiger charge is -2.30. The average molecular weight is 356 g/mol. The number of hydrogen-bond acceptors (Lipinski definition) is 1. The van der Waals surface area contributed by atoms with Crippen molar-refractivity contribution in [2.45, 2.75) is 38.9 Å². The van der Waals surface area contributed by atoms with E-state index >= 15 is 0 Å². The lowest BCUT2D eigenvalue weighted by molar-refractivity contribution is -0.172. The van der Waals surface area contributed by atoms with Crippen molar-refractivity contribution in [2.24, 2.45) is 0 Å². The van der Waals surface area contributed by atoms with Crippen molar-refractivity contribution in [1.29, 1.82) is 0 Å². The van der Waals surface area contributed by atoms with Gasteiger partial charge in [0.1, 0.15) is 5.41 Å². The Kier molecular flexibility index (Phi) is 3.55. The third-order valence-corrected chi connectivity index (χ3v) is 5.39. The smallest absolute Gasteiger partial charge is 0.272 e. The summed E-state index contributed by atoms with van der Waals surface area (Å²) >= 11 is 0. The molecule has 0 saturated carbocycles. The van der Waals surface area contributed by atoms with E-state index in [9.17, 15) is 13.2 Å². The zero-order chi connectivity index (χ0) is 18.7. The molecule has 2 aromatic carbocycles. The Labute approximate surface area is 150 Å². The fourth-order valence-corrected chi connectivity index (χ4v) is 3.96. The van der Waals surface area contributed by atoms with E-state index < -0.39 is 11.6 Å². The zero-order valence-electron chi connectivity index (χ0n) is 14.9. The molecule has 1 aromatic heterocycles. The first-order valence-corrected chi connectivity index (χ1v) is 8.62.